The molecule has 23 heavy (non-hydrogen) atoms. The molecule has 0 atom stereocenters. The molecule has 0 saturated heterocycles. The fraction of sp³-hybridized carbons (Fsp3) is 0.211. The third-order valence-electron chi connectivity index (χ3n) is 4.06. The van der Waals surface area contributed by atoms with Gasteiger partial charge in [-0.1, -0.05) is 30.3 Å². The van der Waals surface area contributed by atoms with Gasteiger partial charge < -0.3 is 9.47 Å². The van der Waals surface area contributed by atoms with Gasteiger partial charge in [-0.05, 0) is 29.3 Å². The van der Waals surface area contributed by atoms with Gasteiger partial charge in [0, 0.05) is 37.7 Å². The van der Waals surface area contributed by atoms with Crippen molar-refractivity contribution in [1.29, 1.82) is 0 Å². The number of likely N-dealkylation sites (N-methyl/N-ethyl adjacent to an activating group) is 1. The molecular weight excluding hydrogens is 291 g/mol. The molecule has 1 aromatic heterocycles. The van der Waals surface area contributed by atoms with E-state index in [-0.39, 0.29) is 11.7 Å². The Morgan fingerprint density at radius 3 is 2.74 bits per heavy atom. The fourth-order valence-electron chi connectivity index (χ4n) is 2.86. The zero-order valence-corrected chi connectivity index (χ0v) is 13.3. The average molecular weight is 310 g/mol. The van der Waals surface area contributed by atoms with Gasteiger partial charge in [-0.25, -0.2) is 4.39 Å². The van der Waals surface area contributed by atoms with Gasteiger partial charge in [-0.15, -0.1) is 0 Å². The maximum atomic E-state index is 13.2. The van der Waals surface area contributed by atoms with Crippen molar-refractivity contribution < 1.29 is 9.18 Å². The van der Waals surface area contributed by atoms with Crippen LogP contribution >= 0.6 is 0 Å². The van der Waals surface area contributed by atoms with E-state index in [2.05, 4.69) is 0 Å². The average Bonchev–Trinajstić information content (AvgIpc) is 2.84. The van der Waals surface area contributed by atoms with Crippen LogP contribution < -0.4 is 0 Å². The van der Waals surface area contributed by atoms with E-state index in [0.717, 1.165) is 22.0 Å². The van der Waals surface area contributed by atoms with E-state index in [9.17, 15) is 9.18 Å². The first-order valence-electron chi connectivity index (χ1n) is 7.56. The highest BCUT2D eigenvalue weighted by Crippen LogP contribution is 2.21. The lowest BCUT2D eigenvalue weighted by Crippen LogP contribution is -2.27. The van der Waals surface area contributed by atoms with Crippen LogP contribution in [-0.4, -0.2) is 22.4 Å². The Kier molecular flexibility index (Phi) is 4.15. The highest BCUT2D eigenvalue weighted by Gasteiger charge is 2.14. The van der Waals surface area contributed by atoms with Crippen molar-refractivity contribution in [3.63, 3.8) is 0 Å². The Bertz CT molecular complexity index is 853. The van der Waals surface area contributed by atoms with Gasteiger partial charge in [0.15, 0.2) is 0 Å². The SMILES string of the molecule is CN(Cc1cccc(F)c1)C(=O)Cc1cn(C)c2ccccc12. The maximum Gasteiger partial charge on any atom is 0.227 e. The molecule has 3 rings (SSSR count). The van der Waals surface area contributed by atoms with E-state index < -0.39 is 0 Å². The summed E-state index contributed by atoms with van der Waals surface area (Å²) in [5, 5.41) is 1.10. The Hall–Kier alpha value is -2.62. The molecule has 0 radical (unpaired) electrons. The zero-order valence-electron chi connectivity index (χ0n) is 13.3. The molecule has 0 saturated carbocycles. The van der Waals surface area contributed by atoms with E-state index in [0.29, 0.717) is 13.0 Å². The molecule has 0 spiro atoms. The second-order valence-electron chi connectivity index (χ2n) is 5.84. The van der Waals surface area contributed by atoms with Crippen LogP contribution in [0.2, 0.25) is 0 Å². The molecule has 2 aromatic carbocycles. The number of hydrogen-bond acceptors (Lipinski definition) is 1. The van der Waals surface area contributed by atoms with Gasteiger partial charge in [0.1, 0.15) is 5.82 Å². The number of nitrogens with zero attached hydrogens (tertiary/aromatic N) is 2. The van der Waals surface area contributed by atoms with Crippen LogP contribution in [0.3, 0.4) is 0 Å². The van der Waals surface area contributed by atoms with E-state index in [4.69, 9.17) is 0 Å². The van der Waals surface area contributed by atoms with Crippen molar-refractivity contribution in [2.75, 3.05) is 7.05 Å². The van der Waals surface area contributed by atoms with Gasteiger partial charge in [-0.3, -0.25) is 4.79 Å². The number of fused-ring (bicyclic) bond motifs is 1. The van der Waals surface area contributed by atoms with Crippen LogP contribution in [0.25, 0.3) is 10.9 Å². The molecule has 0 aliphatic heterocycles. The monoisotopic (exact) mass is 310 g/mol. The van der Waals surface area contributed by atoms with Gasteiger partial charge in [0.05, 0.1) is 6.42 Å². The Morgan fingerprint density at radius 2 is 1.96 bits per heavy atom. The summed E-state index contributed by atoms with van der Waals surface area (Å²) in [6.07, 6.45) is 2.34. The van der Waals surface area contributed by atoms with Crippen molar-refractivity contribution in [1.82, 2.24) is 9.47 Å². The van der Waals surface area contributed by atoms with E-state index in [1.807, 2.05) is 48.1 Å². The molecule has 0 fully saturated rings. The van der Waals surface area contributed by atoms with Crippen molar-refractivity contribution >= 4 is 16.8 Å². The summed E-state index contributed by atoms with van der Waals surface area (Å²) >= 11 is 0. The summed E-state index contributed by atoms with van der Waals surface area (Å²) in [6.45, 7) is 0.404. The van der Waals surface area contributed by atoms with Gasteiger partial charge in [0.2, 0.25) is 5.91 Å². The lowest BCUT2D eigenvalue weighted by molar-refractivity contribution is -0.129. The van der Waals surface area contributed by atoms with E-state index in [1.165, 1.54) is 12.1 Å². The predicted octanol–water partition coefficient (Wildman–Crippen LogP) is 3.52. The van der Waals surface area contributed by atoms with Crippen LogP contribution in [0.5, 0.6) is 0 Å². The number of rotatable bonds is 4. The molecule has 118 valence electrons. The molecule has 4 heteroatoms. The highest BCUT2D eigenvalue weighted by atomic mass is 19.1. The Labute approximate surface area is 135 Å². The number of para-hydroxylation sites is 1. The maximum absolute atomic E-state index is 13.2. The minimum Gasteiger partial charge on any atom is -0.350 e. The smallest absolute Gasteiger partial charge is 0.227 e. The molecule has 0 aliphatic rings. The number of hydrogen-bond donors (Lipinski definition) is 0. The summed E-state index contributed by atoms with van der Waals surface area (Å²) < 4.78 is 15.3. The number of carbonyl (C=O) groups excluding carboxylic acids is 1. The third kappa shape index (κ3) is 3.26. The number of benzene rings is 2. The number of amides is 1. The highest BCUT2D eigenvalue weighted by molar-refractivity contribution is 5.89. The second kappa shape index (κ2) is 6.24. The summed E-state index contributed by atoms with van der Waals surface area (Å²) in [5.74, 6) is -0.261. The summed E-state index contributed by atoms with van der Waals surface area (Å²) in [5.41, 5.74) is 2.92. The topological polar surface area (TPSA) is 25.2 Å². The molecule has 0 aliphatic carbocycles. The van der Waals surface area contributed by atoms with Crippen molar-refractivity contribution in [3.05, 3.63) is 71.7 Å². The third-order valence-corrected chi connectivity index (χ3v) is 4.06. The standard InChI is InChI=1S/C19H19FN2O/c1-21-13-15(17-8-3-4-9-18(17)21)11-19(23)22(2)12-14-6-5-7-16(20)10-14/h3-10,13H,11-12H2,1-2H3. The van der Waals surface area contributed by atoms with Crippen LogP contribution in [-0.2, 0) is 24.8 Å². The quantitative estimate of drug-likeness (QED) is 0.724. The summed E-state index contributed by atoms with van der Waals surface area (Å²) in [6, 6.07) is 14.4. The molecule has 0 N–H and O–H groups in total. The predicted molar refractivity (Wildman–Crippen MR) is 89.5 cm³/mol. The first-order chi connectivity index (χ1) is 11.0. The second-order valence-corrected chi connectivity index (χ2v) is 5.84. The van der Waals surface area contributed by atoms with Crippen molar-refractivity contribution in [3.8, 4) is 0 Å². The van der Waals surface area contributed by atoms with Crippen molar-refractivity contribution in [2.45, 2.75) is 13.0 Å². The van der Waals surface area contributed by atoms with E-state index in [1.54, 1.807) is 18.0 Å². The molecule has 1 heterocycles. The molecular formula is C19H19FN2O. The first-order valence-corrected chi connectivity index (χ1v) is 7.56. The van der Waals surface area contributed by atoms with Gasteiger partial charge >= 0.3 is 0 Å². The van der Waals surface area contributed by atoms with Crippen molar-refractivity contribution in [2.24, 2.45) is 7.05 Å². The minimum atomic E-state index is -0.280. The number of carbonyl (C=O) groups is 1. The number of halogens is 1. The lowest BCUT2D eigenvalue weighted by atomic mass is 10.1. The molecule has 3 nitrogen and oxygen atoms in total. The largest absolute Gasteiger partial charge is 0.350 e. The normalized spacial score (nSPS) is 10.9. The number of aryl methyl sites for hydroxylation is 1. The van der Waals surface area contributed by atoms with Crippen LogP contribution in [0, 0.1) is 5.82 Å². The Morgan fingerprint density at radius 1 is 1.17 bits per heavy atom. The molecule has 0 bridgehead atoms. The zero-order chi connectivity index (χ0) is 16.4. The van der Waals surface area contributed by atoms with E-state index >= 15 is 0 Å². The first kappa shape index (κ1) is 15.3. The van der Waals surface area contributed by atoms with Gasteiger partial charge in [-0.2, -0.15) is 0 Å². The van der Waals surface area contributed by atoms with Crippen LogP contribution in [0.1, 0.15) is 11.1 Å². The summed E-state index contributed by atoms with van der Waals surface area (Å²) in [4.78, 5) is 14.1. The molecule has 3 aromatic rings. The Balaban J connectivity index is 1.75. The molecule has 1 amide bonds. The summed E-state index contributed by atoms with van der Waals surface area (Å²) in [7, 11) is 3.73. The fourth-order valence-corrected chi connectivity index (χ4v) is 2.86. The lowest BCUT2D eigenvalue weighted by Gasteiger charge is -2.17. The van der Waals surface area contributed by atoms with Crippen LogP contribution in [0.15, 0.2) is 54.7 Å². The van der Waals surface area contributed by atoms with Crippen LogP contribution in [0.4, 0.5) is 4.39 Å². The van der Waals surface area contributed by atoms with Gasteiger partial charge in [0.25, 0.3) is 0 Å². The number of aromatic nitrogens is 1. The molecule has 0 unspecified atom stereocenters. The minimum absolute atomic E-state index is 0.0191.